The van der Waals surface area contributed by atoms with Crippen LogP contribution in [0.15, 0.2) is 36.9 Å². The third-order valence-corrected chi connectivity index (χ3v) is 5.03. The quantitative estimate of drug-likeness (QED) is 0.705. The van der Waals surface area contributed by atoms with Crippen LogP contribution in [-0.4, -0.2) is 49.7 Å². The Hall–Kier alpha value is -3.23. The lowest BCUT2D eigenvalue weighted by Gasteiger charge is -2.16. The van der Waals surface area contributed by atoms with E-state index < -0.39 is 6.17 Å². The average molecular weight is 367 g/mol. The standard InChI is InChI=1S/C18H18FN7O/c1-23-9-14(7-21-23)25-11-16-15(18(25)27)10-26(22-16)13-2-3-17(20-6-13)24-5-4-12(19)8-24/h2-3,6-7,9-10,12H,4-5,8,11H2,1H3/t12-/m0/s1. The van der Waals surface area contributed by atoms with Gasteiger partial charge in [-0.05, 0) is 18.6 Å². The molecule has 2 aliphatic heterocycles. The number of hydrogen-bond acceptors (Lipinski definition) is 5. The highest BCUT2D eigenvalue weighted by molar-refractivity contribution is 6.09. The maximum atomic E-state index is 13.4. The van der Waals surface area contributed by atoms with Crippen molar-refractivity contribution in [1.29, 1.82) is 0 Å². The van der Waals surface area contributed by atoms with Crippen molar-refractivity contribution >= 4 is 17.4 Å². The summed E-state index contributed by atoms with van der Waals surface area (Å²) in [6.45, 7) is 1.49. The van der Waals surface area contributed by atoms with Crippen molar-refractivity contribution in [3.63, 3.8) is 0 Å². The topological polar surface area (TPSA) is 72.1 Å². The summed E-state index contributed by atoms with van der Waals surface area (Å²) in [6, 6.07) is 3.75. The van der Waals surface area contributed by atoms with Crippen molar-refractivity contribution in [2.45, 2.75) is 19.1 Å². The number of carbonyl (C=O) groups is 1. The molecule has 0 aromatic carbocycles. The molecule has 27 heavy (non-hydrogen) atoms. The number of amides is 1. The number of rotatable bonds is 3. The lowest BCUT2D eigenvalue weighted by Crippen LogP contribution is -2.23. The van der Waals surface area contributed by atoms with Gasteiger partial charge in [0.25, 0.3) is 5.91 Å². The zero-order valence-corrected chi connectivity index (χ0v) is 14.8. The first-order chi connectivity index (χ1) is 13.1. The minimum atomic E-state index is -0.783. The molecule has 0 spiro atoms. The van der Waals surface area contributed by atoms with Gasteiger partial charge >= 0.3 is 0 Å². The fourth-order valence-electron chi connectivity index (χ4n) is 3.59. The molecule has 0 unspecified atom stereocenters. The van der Waals surface area contributed by atoms with Crippen LogP contribution in [0.25, 0.3) is 5.69 Å². The summed E-state index contributed by atoms with van der Waals surface area (Å²) in [6.07, 6.45) is 6.67. The normalized spacial score (nSPS) is 19.2. The van der Waals surface area contributed by atoms with Gasteiger partial charge in [-0.25, -0.2) is 14.1 Å². The Morgan fingerprint density at radius 1 is 1.19 bits per heavy atom. The van der Waals surface area contributed by atoms with E-state index in [4.69, 9.17) is 0 Å². The highest BCUT2D eigenvalue weighted by atomic mass is 19.1. The predicted molar refractivity (Wildman–Crippen MR) is 96.8 cm³/mol. The second-order valence-electron chi connectivity index (χ2n) is 6.90. The number of nitrogens with zero attached hydrogens (tertiary/aromatic N) is 7. The maximum absolute atomic E-state index is 13.4. The van der Waals surface area contributed by atoms with Gasteiger partial charge < -0.3 is 4.90 Å². The molecule has 1 saturated heterocycles. The van der Waals surface area contributed by atoms with Crippen molar-refractivity contribution < 1.29 is 9.18 Å². The number of alkyl halides is 1. The molecule has 8 nitrogen and oxygen atoms in total. The molecule has 1 atom stereocenters. The highest BCUT2D eigenvalue weighted by Gasteiger charge is 2.32. The van der Waals surface area contributed by atoms with Crippen LogP contribution in [0.3, 0.4) is 0 Å². The molecule has 0 aliphatic carbocycles. The summed E-state index contributed by atoms with van der Waals surface area (Å²) in [5.74, 6) is 0.678. The predicted octanol–water partition coefficient (Wildman–Crippen LogP) is 1.71. The van der Waals surface area contributed by atoms with Gasteiger partial charge in [-0.15, -0.1) is 0 Å². The summed E-state index contributed by atoms with van der Waals surface area (Å²) in [5.41, 5.74) is 2.84. The molecular formula is C18H18FN7O. The maximum Gasteiger partial charge on any atom is 0.262 e. The minimum absolute atomic E-state index is 0.0834. The molecule has 1 fully saturated rings. The Labute approximate surface area is 154 Å². The van der Waals surface area contributed by atoms with Crippen LogP contribution >= 0.6 is 0 Å². The summed E-state index contributed by atoms with van der Waals surface area (Å²) in [5, 5.41) is 8.66. The fourth-order valence-corrected chi connectivity index (χ4v) is 3.59. The van der Waals surface area contributed by atoms with Crippen molar-refractivity contribution in [1.82, 2.24) is 24.5 Å². The van der Waals surface area contributed by atoms with Crippen LogP contribution in [0.4, 0.5) is 15.9 Å². The molecule has 3 aromatic heterocycles. The van der Waals surface area contributed by atoms with E-state index in [1.807, 2.05) is 24.1 Å². The van der Waals surface area contributed by atoms with Gasteiger partial charge in [0.05, 0.1) is 48.1 Å². The SMILES string of the molecule is Cn1cc(N2Cc3nn(-c4ccc(N5CC[C@H](F)C5)nc4)cc3C2=O)cn1. The van der Waals surface area contributed by atoms with Crippen molar-refractivity contribution in [3.8, 4) is 5.69 Å². The van der Waals surface area contributed by atoms with Crippen LogP contribution < -0.4 is 9.80 Å². The van der Waals surface area contributed by atoms with Crippen LogP contribution in [0.1, 0.15) is 22.5 Å². The molecule has 0 radical (unpaired) electrons. The molecule has 2 aliphatic rings. The van der Waals surface area contributed by atoms with Crippen molar-refractivity contribution in [3.05, 3.63) is 48.2 Å². The lowest BCUT2D eigenvalue weighted by atomic mass is 10.3. The average Bonchev–Trinajstić information content (AvgIpc) is 3.42. The van der Waals surface area contributed by atoms with Crippen molar-refractivity contribution in [2.75, 3.05) is 22.9 Å². The number of anilines is 2. The fraction of sp³-hybridized carbons (Fsp3) is 0.333. The molecule has 0 bridgehead atoms. The molecule has 0 saturated carbocycles. The van der Waals surface area contributed by atoms with Crippen molar-refractivity contribution in [2.24, 2.45) is 7.05 Å². The molecule has 3 aromatic rings. The number of carbonyl (C=O) groups excluding carboxylic acids is 1. The molecule has 5 rings (SSSR count). The van der Waals surface area contributed by atoms with Gasteiger partial charge in [0.2, 0.25) is 0 Å². The second kappa shape index (κ2) is 5.90. The van der Waals surface area contributed by atoms with Gasteiger partial charge in [-0.3, -0.25) is 14.4 Å². The number of hydrogen-bond donors (Lipinski definition) is 0. The second-order valence-corrected chi connectivity index (χ2v) is 6.90. The number of halogens is 1. The van der Waals surface area contributed by atoms with E-state index in [1.165, 1.54) is 0 Å². The molecule has 1 amide bonds. The number of aromatic nitrogens is 5. The Balaban J connectivity index is 1.37. The molecular weight excluding hydrogens is 349 g/mol. The number of aryl methyl sites for hydroxylation is 1. The van der Waals surface area contributed by atoms with Gasteiger partial charge in [0.15, 0.2) is 0 Å². The zero-order valence-electron chi connectivity index (χ0n) is 14.8. The van der Waals surface area contributed by atoms with Crippen LogP contribution in [0.5, 0.6) is 0 Å². The lowest BCUT2D eigenvalue weighted by molar-refractivity contribution is 0.0996. The summed E-state index contributed by atoms with van der Waals surface area (Å²) in [4.78, 5) is 20.7. The summed E-state index contributed by atoms with van der Waals surface area (Å²) in [7, 11) is 1.82. The minimum Gasteiger partial charge on any atom is -0.354 e. The zero-order chi connectivity index (χ0) is 18.5. The number of pyridine rings is 1. The van der Waals surface area contributed by atoms with Crippen LogP contribution in [0.2, 0.25) is 0 Å². The molecule has 138 valence electrons. The van der Waals surface area contributed by atoms with Crippen LogP contribution in [-0.2, 0) is 13.6 Å². The Morgan fingerprint density at radius 3 is 2.70 bits per heavy atom. The van der Waals surface area contributed by atoms with E-state index in [2.05, 4.69) is 15.2 Å². The smallest absolute Gasteiger partial charge is 0.262 e. The molecule has 5 heterocycles. The molecule has 0 N–H and O–H groups in total. The van der Waals surface area contributed by atoms with Gasteiger partial charge in [0.1, 0.15) is 12.0 Å². The van der Waals surface area contributed by atoms with Gasteiger partial charge in [-0.2, -0.15) is 10.2 Å². The first-order valence-electron chi connectivity index (χ1n) is 8.83. The summed E-state index contributed by atoms with van der Waals surface area (Å²) >= 11 is 0. The van der Waals surface area contributed by atoms with E-state index in [-0.39, 0.29) is 5.91 Å². The Bertz CT molecular complexity index is 1010. The highest BCUT2D eigenvalue weighted by Crippen LogP contribution is 2.28. The summed E-state index contributed by atoms with van der Waals surface area (Å²) < 4.78 is 16.7. The van der Waals surface area contributed by atoms with Gasteiger partial charge in [-0.1, -0.05) is 0 Å². The van der Waals surface area contributed by atoms with E-state index in [0.717, 1.165) is 22.9 Å². The Kier molecular flexibility index (Phi) is 3.49. The largest absolute Gasteiger partial charge is 0.354 e. The van der Waals surface area contributed by atoms with E-state index in [1.54, 1.807) is 39.1 Å². The van der Waals surface area contributed by atoms with Crippen LogP contribution in [0, 0.1) is 0 Å². The van der Waals surface area contributed by atoms with E-state index in [0.29, 0.717) is 31.6 Å². The van der Waals surface area contributed by atoms with E-state index in [9.17, 15) is 9.18 Å². The van der Waals surface area contributed by atoms with Gasteiger partial charge in [0, 0.05) is 26.0 Å². The number of fused-ring (bicyclic) bond motifs is 1. The first kappa shape index (κ1) is 16.0. The monoisotopic (exact) mass is 367 g/mol. The van der Waals surface area contributed by atoms with E-state index >= 15 is 0 Å². The molecule has 9 heteroatoms. The third-order valence-electron chi connectivity index (χ3n) is 5.03. The third kappa shape index (κ3) is 2.66. The Morgan fingerprint density at radius 2 is 2.07 bits per heavy atom. The first-order valence-corrected chi connectivity index (χ1v) is 8.83.